The van der Waals surface area contributed by atoms with Crippen molar-refractivity contribution < 1.29 is 9.60 Å². The summed E-state index contributed by atoms with van der Waals surface area (Å²) >= 11 is 0. The van der Waals surface area contributed by atoms with Gasteiger partial charge in [-0.15, -0.1) is 0 Å². The normalized spacial score (nSPS) is 13.6. The molecular weight excluding hydrogens is 209 g/mol. The Morgan fingerprint density at radius 2 is 2.25 bits per heavy atom. The van der Waals surface area contributed by atoms with Crippen molar-refractivity contribution in [3.05, 3.63) is 29.6 Å². The fourth-order valence-electron chi connectivity index (χ4n) is 1.31. The number of hydrogen-bond acceptors (Lipinski definition) is 3. The lowest BCUT2D eigenvalue weighted by Crippen LogP contribution is -2.27. The van der Waals surface area contributed by atoms with Crippen molar-refractivity contribution in [3.63, 3.8) is 0 Å². The maximum atomic E-state index is 13.0. The van der Waals surface area contributed by atoms with Crippen molar-refractivity contribution in [2.45, 2.75) is 13.8 Å². The molecule has 16 heavy (non-hydrogen) atoms. The van der Waals surface area contributed by atoms with E-state index in [1.165, 1.54) is 12.1 Å². The second kappa shape index (κ2) is 5.34. The highest BCUT2D eigenvalue weighted by molar-refractivity contribution is 5.82. The monoisotopic (exact) mass is 225 g/mol. The molecule has 0 saturated heterocycles. The van der Waals surface area contributed by atoms with Crippen LogP contribution in [0.25, 0.3) is 0 Å². The molecule has 0 aliphatic carbocycles. The predicted molar refractivity (Wildman–Crippen MR) is 62.2 cm³/mol. The average molecular weight is 225 g/mol. The Hall–Kier alpha value is -1.78. The van der Waals surface area contributed by atoms with Crippen molar-refractivity contribution in [2.75, 3.05) is 11.9 Å². The summed E-state index contributed by atoms with van der Waals surface area (Å²) in [6.07, 6.45) is 0. The highest BCUT2D eigenvalue weighted by atomic mass is 19.1. The van der Waals surface area contributed by atoms with Crippen LogP contribution in [0.2, 0.25) is 0 Å². The molecule has 1 atom stereocenters. The van der Waals surface area contributed by atoms with Crippen LogP contribution in [0.3, 0.4) is 0 Å². The molecule has 1 aromatic carbocycles. The van der Waals surface area contributed by atoms with Gasteiger partial charge in [0.25, 0.3) is 0 Å². The standard InChI is InChI=1S/C11H16FN3O/c1-7-3-9(12)5-10(4-7)14-6-8(2)11(13)15-16/h3-5,8,14,16H,6H2,1-2H3,(H2,13,15). The SMILES string of the molecule is Cc1cc(F)cc(NCC(C)C(N)=NO)c1. The molecule has 0 aromatic heterocycles. The van der Waals surface area contributed by atoms with Crippen LogP contribution >= 0.6 is 0 Å². The van der Waals surface area contributed by atoms with E-state index in [9.17, 15) is 4.39 Å². The maximum absolute atomic E-state index is 13.0. The third kappa shape index (κ3) is 3.42. The number of hydrogen-bond donors (Lipinski definition) is 3. The highest BCUT2D eigenvalue weighted by Crippen LogP contribution is 2.13. The molecule has 0 bridgehead atoms. The topological polar surface area (TPSA) is 70.6 Å². The van der Waals surface area contributed by atoms with Crippen LogP contribution in [0.5, 0.6) is 0 Å². The van der Waals surface area contributed by atoms with E-state index in [-0.39, 0.29) is 17.6 Å². The Morgan fingerprint density at radius 3 is 2.81 bits per heavy atom. The minimum absolute atomic E-state index is 0.117. The molecule has 4 nitrogen and oxygen atoms in total. The summed E-state index contributed by atoms with van der Waals surface area (Å²) in [5, 5.41) is 14.4. The molecule has 0 amide bonds. The molecule has 0 radical (unpaired) electrons. The van der Waals surface area contributed by atoms with E-state index < -0.39 is 0 Å². The lowest BCUT2D eigenvalue weighted by molar-refractivity contribution is 0.315. The number of halogens is 1. The fourth-order valence-corrected chi connectivity index (χ4v) is 1.31. The third-order valence-corrected chi connectivity index (χ3v) is 2.27. The number of nitrogens with zero attached hydrogens (tertiary/aromatic N) is 1. The van der Waals surface area contributed by atoms with E-state index in [1.807, 2.05) is 19.9 Å². The second-order valence-electron chi connectivity index (χ2n) is 3.82. The van der Waals surface area contributed by atoms with Gasteiger partial charge in [-0.05, 0) is 30.7 Å². The Labute approximate surface area is 94.0 Å². The van der Waals surface area contributed by atoms with Crippen LogP contribution in [0, 0.1) is 18.7 Å². The van der Waals surface area contributed by atoms with Crippen LogP contribution in [0.1, 0.15) is 12.5 Å². The summed E-state index contributed by atoms with van der Waals surface area (Å²) in [4.78, 5) is 0. The average Bonchev–Trinajstić information content (AvgIpc) is 2.23. The zero-order valence-electron chi connectivity index (χ0n) is 9.37. The minimum atomic E-state index is -0.279. The molecule has 4 N–H and O–H groups in total. The first-order chi connectivity index (χ1) is 7.52. The Balaban J connectivity index is 2.61. The number of rotatable bonds is 4. The summed E-state index contributed by atoms with van der Waals surface area (Å²) in [5.41, 5.74) is 6.96. The molecular formula is C11H16FN3O. The lowest BCUT2D eigenvalue weighted by Gasteiger charge is -2.12. The van der Waals surface area contributed by atoms with Crippen molar-refractivity contribution in [1.29, 1.82) is 0 Å². The predicted octanol–water partition coefficient (Wildman–Crippen LogP) is 1.93. The van der Waals surface area contributed by atoms with Crippen molar-refractivity contribution in [1.82, 2.24) is 0 Å². The number of nitrogens with one attached hydrogen (secondary N) is 1. The second-order valence-corrected chi connectivity index (χ2v) is 3.82. The lowest BCUT2D eigenvalue weighted by atomic mass is 10.1. The summed E-state index contributed by atoms with van der Waals surface area (Å²) in [6.45, 7) is 4.12. The molecule has 1 rings (SSSR count). The molecule has 5 heteroatoms. The largest absolute Gasteiger partial charge is 0.409 e. The van der Waals surface area contributed by atoms with Crippen molar-refractivity contribution in [2.24, 2.45) is 16.8 Å². The van der Waals surface area contributed by atoms with Crippen LogP contribution in [0.15, 0.2) is 23.4 Å². The van der Waals surface area contributed by atoms with E-state index in [0.717, 1.165) is 5.56 Å². The van der Waals surface area contributed by atoms with Gasteiger partial charge in [-0.3, -0.25) is 0 Å². The molecule has 1 aromatic rings. The van der Waals surface area contributed by atoms with Crippen LogP contribution < -0.4 is 11.1 Å². The van der Waals surface area contributed by atoms with Gasteiger partial charge in [-0.1, -0.05) is 12.1 Å². The molecule has 1 unspecified atom stereocenters. The molecule has 0 aliphatic rings. The zero-order chi connectivity index (χ0) is 12.1. The van der Waals surface area contributed by atoms with Gasteiger partial charge in [0.05, 0.1) is 0 Å². The van der Waals surface area contributed by atoms with Gasteiger partial charge in [0.1, 0.15) is 11.7 Å². The van der Waals surface area contributed by atoms with Crippen LogP contribution in [-0.2, 0) is 0 Å². The van der Waals surface area contributed by atoms with Gasteiger partial charge < -0.3 is 16.3 Å². The first kappa shape index (κ1) is 12.3. The van der Waals surface area contributed by atoms with Crippen molar-refractivity contribution >= 4 is 11.5 Å². The molecule has 0 aliphatic heterocycles. The molecule has 0 spiro atoms. The molecule has 0 saturated carbocycles. The zero-order valence-corrected chi connectivity index (χ0v) is 9.37. The number of aryl methyl sites for hydroxylation is 1. The molecule has 88 valence electrons. The summed E-state index contributed by atoms with van der Waals surface area (Å²) in [5.74, 6) is -0.242. The fraction of sp³-hybridized carbons (Fsp3) is 0.364. The molecule has 0 fully saturated rings. The molecule has 0 heterocycles. The van der Waals surface area contributed by atoms with Gasteiger partial charge in [0.2, 0.25) is 0 Å². The number of nitrogens with two attached hydrogens (primary N) is 1. The van der Waals surface area contributed by atoms with Gasteiger partial charge in [-0.2, -0.15) is 0 Å². The third-order valence-electron chi connectivity index (χ3n) is 2.27. The van der Waals surface area contributed by atoms with Gasteiger partial charge in [0, 0.05) is 18.2 Å². The first-order valence-corrected chi connectivity index (χ1v) is 5.01. The van der Waals surface area contributed by atoms with E-state index in [0.29, 0.717) is 12.2 Å². The summed E-state index contributed by atoms with van der Waals surface area (Å²) in [6, 6.07) is 4.70. The Bertz CT molecular complexity index is 373. The first-order valence-electron chi connectivity index (χ1n) is 5.01. The highest BCUT2D eigenvalue weighted by Gasteiger charge is 2.07. The number of amidine groups is 1. The summed E-state index contributed by atoms with van der Waals surface area (Å²) < 4.78 is 13.0. The minimum Gasteiger partial charge on any atom is -0.409 e. The smallest absolute Gasteiger partial charge is 0.143 e. The van der Waals surface area contributed by atoms with E-state index in [2.05, 4.69) is 10.5 Å². The summed E-state index contributed by atoms with van der Waals surface area (Å²) in [7, 11) is 0. The van der Waals surface area contributed by atoms with E-state index >= 15 is 0 Å². The van der Waals surface area contributed by atoms with Crippen LogP contribution in [0.4, 0.5) is 10.1 Å². The quantitative estimate of drug-likeness (QED) is 0.317. The van der Waals surface area contributed by atoms with Gasteiger partial charge in [-0.25, -0.2) is 4.39 Å². The van der Waals surface area contributed by atoms with Crippen molar-refractivity contribution in [3.8, 4) is 0 Å². The van der Waals surface area contributed by atoms with Gasteiger partial charge in [0.15, 0.2) is 0 Å². The Morgan fingerprint density at radius 1 is 1.56 bits per heavy atom. The number of oxime groups is 1. The maximum Gasteiger partial charge on any atom is 0.143 e. The number of anilines is 1. The number of benzene rings is 1. The van der Waals surface area contributed by atoms with E-state index in [1.54, 1.807) is 0 Å². The van der Waals surface area contributed by atoms with Crippen LogP contribution in [-0.4, -0.2) is 17.6 Å². The van der Waals surface area contributed by atoms with E-state index in [4.69, 9.17) is 10.9 Å². The Kier molecular flexibility index (Phi) is 4.10. The van der Waals surface area contributed by atoms with Gasteiger partial charge >= 0.3 is 0 Å².